The Hall–Kier alpha value is -1.32. The van der Waals surface area contributed by atoms with Gasteiger partial charge in [0.1, 0.15) is 11.4 Å². The number of hydrogen-bond acceptors (Lipinski definition) is 3. The van der Waals surface area contributed by atoms with Crippen molar-refractivity contribution in [3.63, 3.8) is 0 Å². The minimum atomic E-state index is -0.455. The molecule has 0 aromatic carbocycles. The van der Waals surface area contributed by atoms with Crippen LogP contribution in [0.15, 0.2) is 11.6 Å². The molecule has 0 radical (unpaired) electrons. The first-order valence-corrected chi connectivity index (χ1v) is 7.41. The topological polar surface area (TPSA) is 46.6 Å². The predicted molar refractivity (Wildman–Crippen MR) is 79.6 cm³/mol. The van der Waals surface area contributed by atoms with Crippen molar-refractivity contribution in [2.45, 2.75) is 59.5 Å². The molecule has 1 rings (SSSR count). The summed E-state index contributed by atoms with van der Waals surface area (Å²) in [6.07, 6.45) is 4.05. The van der Waals surface area contributed by atoms with Crippen molar-refractivity contribution in [1.29, 1.82) is 0 Å². The molecule has 0 spiro atoms. The summed E-state index contributed by atoms with van der Waals surface area (Å²) in [6, 6.07) is 0. The van der Waals surface area contributed by atoms with Crippen LogP contribution in [0.5, 0.6) is 0 Å². The van der Waals surface area contributed by atoms with Crippen molar-refractivity contribution in [3.8, 4) is 0 Å². The Morgan fingerprint density at radius 1 is 1.40 bits per heavy atom. The van der Waals surface area contributed by atoms with Crippen molar-refractivity contribution in [2.24, 2.45) is 5.92 Å². The van der Waals surface area contributed by atoms with E-state index >= 15 is 0 Å². The minimum Gasteiger partial charge on any atom is -0.444 e. The van der Waals surface area contributed by atoms with E-state index in [0.717, 1.165) is 12.8 Å². The highest BCUT2D eigenvalue weighted by Crippen LogP contribution is 2.21. The molecule has 0 bridgehead atoms. The van der Waals surface area contributed by atoms with E-state index < -0.39 is 5.60 Å². The van der Waals surface area contributed by atoms with Crippen LogP contribution in [0.4, 0.5) is 4.79 Å². The largest absolute Gasteiger partial charge is 0.444 e. The zero-order valence-corrected chi connectivity index (χ0v) is 13.4. The Morgan fingerprint density at radius 3 is 2.50 bits per heavy atom. The Morgan fingerprint density at radius 2 is 2.05 bits per heavy atom. The maximum absolute atomic E-state index is 11.9. The summed E-state index contributed by atoms with van der Waals surface area (Å²) >= 11 is 0. The molecule has 4 heteroatoms. The average Bonchev–Trinajstić information content (AvgIpc) is 2.36. The third-order valence-electron chi connectivity index (χ3n) is 3.42. The predicted octanol–water partition coefficient (Wildman–Crippen LogP) is 3.56. The highest BCUT2D eigenvalue weighted by Gasteiger charge is 2.24. The van der Waals surface area contributed by atoms with Gasteiger partial charge >= 0.3 is 6.09 Å². The molecule has 1 atom stereocenters. The van der Waals surface area contributed by atoms with E-state index in [2.05, 4.69) is 6.08 Å². The van der Waals surface area contributed by atoms with Crippen LogP contribution in [-0.4, -0.2) is 35.5 Å². The van der Waals surface area contributed by atoms with Gasteiger partial charge in [0.2, 0.25) is 0 Å². The van der Waals surface area contributed by atoms with Gasteiger partial charge in [-0.2, -0.15) is 0 Å². The van der Waals surface area contributed by atoms with Crippen molar-refractivity contribution in [3.05, 3.63) is 11.6 Å². The van der Waals surface area contributed by atoms with E-state index in [9.17, 15) is 9.59 Å². The monoisotopic (exact) mass is 281 g/mol. The fraction of sp³-hybridized carbons (Fsp3) is 0.750. The summed E-state index contributed by atoms with van der Waals surface area (Å²) in [7, 11) is 0. The van der Waals surface area contributed by atoms with Gasteiger partial charge in [0.15, 0.2) is 0 Å². The number of carbonyl (C=O) groups excluding carboxylic acids is 2. The van der Waals surface area contributed by atoms with E-state index in [0.29, 0.717) is 25.3 Å². The molecule has 0 N–H and O–H groups in total. The summed E-state index contributed by atoms with van der Waals surface area (Å²) in [5.74, 6) is 0.389. The highest BCUT2D eigenvalue weighted by atomic mass is 16.6. The van der Waals surface area contributed by atoms with Crippen LogP contribution in [0.25, 0.3) is 0 Å². The van der Waals surface area contributed by atoms with Gasteiger partial charge in [0, 0.05) is 25.4 Å². The minimum absolute atomic E-state index is 0.0827. The maximum atomic E-state index is 11.9. The lowest BCUT2D eigenvalue weighted by molar-refractivity contribution is -0.122. The lowest BCUT2D eigenvalue weighted by atomic mass is 9.92. The molecular weight excluding hydrogens is 254 g/mol. The number of hydrogen-bond donors (Lipinski definition) is 0. The van der Waals surface area contributed by atoms with Gasteiger partial charge in [0.05, 0.1) is 0 Å². The van der Waals surface area contributed by atoms with E-state index in [-0.39, 0.29) is 12.0 Å². The molecule has 0 fully saturated rings. The van der Waals surface area contributed by atoms with Crippen molar-refractivity contribution in [1.82, 2.24) is 4.90 Å². The Labute approximate surface area is 122 Å². The molecule has 4 nitrogen and oxygen atoms in total. The van der Waals surface area contributed by atoms with Crippen molar-refractivity contribution < 1.29 is 14.3 Å². The molecule has 0 aromatic rings. The first-order valence-electron chi connectivity index (χ1n) is 7.41. The molecule has 0 aliphatic carbocycles. The Kier molecular flexibility index (Phi) is 5.78. The number of ketones is 1. The fourth-order valence-corrected chi connectivity index (χ4v) is 2.24. The summed E-state index contributed by atoms with van der Waals surface area (Å²) in [5, 5.41) is 0. The SMILES string of the molecule is CCC(=O)C(C)CC1=CCN(C(=O)OC(C)(C)C)CC1. The van der Waals surface area contributed by atoms with Gasteiger partial charge in [-0.05, 0) is 33.6 Å². The molecule has 0 saturated heterocycles. The van der Waals surface area contributed by atoms with Crippen LogP contribution in [0.1, 0.15) is 53.9 Å². The smallest absolute Gasteiger partial charge is 0.410 e. The van der Waals surface area contributed by atoms with Crippen LogP contribution >= 0.6 is 0 Å². The van der Waals surface area contributed by atoms with E-state index in [1.54, 1.807) is 4.90 Å². The van der Waals surface area contributed by atoms with E-state index in [4.69, 9.17) is 4.74 Å². The molecule has 20 heavy (non-hydrogen) atoms. The first kappa shape index (κ1) is 16.7. The van der Waals surface area contributed by atoms with Crippen LogP contribution in [0.2, 0.25) is 0 Å². The lowest BCUT2D eigenvalue weighted by Gasteiger charge is -2.30. The third-order valence-corrected chi connectivity index (χ3v) is 3.42. The quantitative estimate of drug-likeness (QED) is 0.740. The van der Waals surface area contributed by atoms with E-state index in [1.807, 2.05) is 34.6 Å². The van der Waals surface area contributed by atoms with E-state index in [1.165, 1.54) is 5.57 Å². The second kappa shape index (κ2) is 6.91. The van der Waals surface area contributed by atoms with Gasteiger partial charge in [-0.1, -0.05) is 25.5 Å². The normalized spacial score (nSPS) is 17.4. The second-order valence-corrected chi connectivity index (χ2v) is 6.46. The van der Waals surface area contributed by atoms with Gasteiger partial charge in [-0.15, -0.1) is 0 Å². The molecule has 1 aliphatic rings. The molecular formula is C16H27NO3. The van der Waals surface area contributed by atoms with Crippen LogP contribution in [0, 0.1) is 5.92 Å². The zero-order valence-electron chi connectivity index (χ0n) is 13.4. The first-order chi connectivity index (χ1) is 9.23. The summed E-state index contributed by atoms with van der Waals surface area (Å²) in [4.78, 5) is 25.2. The molecule has 0 aromatic heterocycles. The van der Waals surface area contributed by atoms with Crippen molar-refractivity contribution in [2.75, 3.05) is 13.1 Å². The number of nitrogens with zero attached hydrogens (tertiary/aromatic N) is 1. The van der Waals surface area contributed by atoms with Gasteiger partial charge in [0.25, 0.3) is 0 Å². The lowest BCUT2D eigenvalue weighted by Crippen LogP contribution is -2.39. The summed E-state index contributed by atoms with van der Waals surface area (Å²) in [6.45, 7) is 10.7. The molecule has 1 unspecified atom stereocenters. The number of ether oxygens (including phenoxy) is 1. The number of Topliss-reactive ketones (excluding diaryl/α,β-unsaturated/α-hetero) is 1. The molecule has 114 valence electrons. The summed E-state index contributed by atoms with van der Waals surface area (Å²) < 4.78 is 5.35. The van der Waals surface area contributed by atoms with Crippen LogP contribution < -0.4 is 0 Å². The third kappa shape index (κ3) is 5.35. The highest BCUT2D eigenvalue weighted by molar-refractivity contribution is 5.80. The number of rotatable bonds is 4. The number of carbonyl (C=O) groups is 2. The van der Waals surface area contributed by atoms with Crippen LogP contribution in [0.3, 0.4) is 0 Å². The number of amides is 1. The molecule has 1 aliphatic heterocycles. The van der Waals surface area contributed by atoms with Crippen LogP contribution in [-0.2, 0) is 9.53 Å². The van der Waals surface area contributed by atoms with Gasteiger partial charge in [-0.25, -0.2) is 4.79 Å². The Balaban J connectivity index is 2.49. The average molecular weight is 281 g/mol. The second-order valence-electron chi connectivity index (χ2n) is 6.46. The standard InChI is InChI=1S/C16H27NO3/c1-6-14(18)12(2)11-13-7-9-17(10-8-13)15(19)20-16(3,4)5/h7,12H,6,8-11H2,1-5H3. The fourth-order valence-electron chi connectivity index (χ4n) is 2.24. The summed E-state index contributed by atoms with van der Waals surface area (Å²) in [5.41, 5.74) is 0.822. The Bertz CT molecular complexity index is 393. The molecule has 1 heterocycles. The zero-order chi connectivity index (χ0) is 15.3. The van der Waals surface area contributed by atoms with Gasteiger partial charge in [-0.3, -0.25) is 4.79 Å². The van der Waals surface area contributed by atoms with Gasteiger partial charge < -0.3 is 9.64 Å². The maximum Gasteiger partial charge on any atom is 0.410 e. The molecule has 1 amide bonds. The molecule has 0 saturated carbocycles. The van der Waals surface area contributed by atoms with Crippen molar-refractivity contribution >= 4 is 11.9 Å².